The Kier molecular flexibility index (Phi) is 181. The number of ether oxygens (including phenoxy) is 2. The Bertz CT molecular complexity index is 58.4. The third kappa shape index (κ3) is 89.0. The summed E-state index contributed by atoms with van der Waals surface area (Å²) in [5, 5.41) is 17.0. The van der Waals surface area contributed by atoms with Crippen LogP contribution in [0.1, 0.15) is 73.3 Å². The first kappa shape index (κ1) is 68.7. The van der Waals surface area contributed by atoms with Crippen LogP contribution in [0.15, 0.2) is 0 Å². The molecule has 0 rings (SSSR count). The first-order chi connectivity index (χ1) is 4.13. The zero-order valence-corrected chi connectivity index (χ0v) is 5.57. The first-order valence-electron chi connectivity index (χ1n) is 2.72. The summed E-state index contributed by atoms with van der Waals surface area (Å²) in [5.74, 6) is 0. The summed E-state index contributed by atoms with van der Waals surface area (Å²) in [5.41, 5.74) is 0. The molecule has 0 fully saturated rings. The molecule has 0 saturated carbocycles. The SMILES string of the molecule is C.C.C.C.C.C.C.C.CC(O)OCOC(C)O. The Morgan fingerprint density at radius 3 is 0.941 bits per heavy atom. The molecule has 120 valence electrons. The van der Waals surface area contributed by atoms with Gasteiger partial charge in [0.25, 0.3) is 0 Å². The smallest absolute Gasteiger partial charge is 0.154 e. The topological polar surface area (TPSA) is 58.9 Å². The molecule has 0 aromatic rings. The van der Waals surface area contributed by atoms with Crippen LogP contribution in [0, 0.1) is 0 Å². The molecule has 0 aliphatic rings. The lowest BCUT2D eigenvalue weighted by Crippen LogP contribution is -2.14. The molecule has 0 aliphatic carbocycles. The van der Waals surface area contributed by atoms with Crippen LogP contribution >= 0.6 is 0 Å². The molecule has 0 bridgehead atoms. The highest BCUT2D eigenvalue weighted by Crippen LogP contribution is 1.87. The van der Waals surface area contributed by atoms with Crippen LogP contribution in [0.4, 0.5) is 0 Å². The first-order valence-corrected chi connectivity index (χ1v) is 2.72. The minimum absolute atomic E-state index is 0. The van der Waals surface area contributed by atoms with Gasteiger partial charge in [-0.15, -0.1) is 0 Å². The van der Waals surface area contributed by atoms with E-state index in [1.54, 1.807) is 0 Å². The van der Waals surface area contributed by atoms with E-state index in [0.717, 1.165) is 0 Å². The summed E-state index contributed by atoms with van der Waals surface area (Å²) in [7, 11) is 0. The van der Waals surface area contributed by atoms with Crippen molar-refractivity contribution in [3.8, 4) is 0 Å². The minimum Gasteiger partial charge on any atom is -0.368 e. The van der Waals surface area contributed by atoms with Gasteiger partial charge in [-0.25, -0.2) is 0 Å². The Hall–Kier alpha value is -0.160. The normalized spacial score (nSPS) is 9.18. The van der Waals surface area contributed by atoms with Gasteiger partial charge in [0.2, 0.25) is 0 Å². The second kappa shape index (κ2) is 44.6. The average molecular weight is 264 g/mol. The highest BCUT2D eigenvalue weighted by atomic mass is 16.7. The quantitative estimate of drug-likeness (QED) is 0.720. The molecule has 0 aliphatic heterocycles. The average Bonchev–Trinajstić information content (AvgIpc) is 1.63. The molecular weight excluding hydrogens is 220 g/mol. The van der Waals surface area contributed by atoms with E-state index >= 15 is 0 Å². The Balaban J connectivity index is -0.0000000114. The fraction of sp³-hybridized carbons (Fsp3) is 1.00. The van der Waals surface area contributed by atoms with E-state index in [0.29, 0.717) is 0 Å². The standard InChI is InChI=1S/C5H12O4.8CH4/c1-4(6)8-3-9-5(2)7;;;;;;;;/h4-7H,3H2,1-2H3;8*1H4. The highest BCUT2D eigenvalue weighted by molar-refractivity contribution is 4.20. The Labute approximate surface area is 113 Å². The molecule has 0 amide bonds. The lowest BCUT2D eigenvalue weighted by molar-refractivity contribution is -0.210. The zero-order chi connectivity index (χ0) is 7.28. The van der Waals surface area contributed by atoms with Crippen molar-refractivity contribution in [2.45, 2.75) is 85.8 Å². The van der Waals surface area contributed by atoms with E-state index in [9.17, 15) is 0 Å². The highest BCUT2D eigenvalue weighted by Gasteiger charge is 1.96. The van der Waals surface area contributed by atoms with Crippen LogP contribution in [0.25, 0.3) is 0 Å². The van der Waals surface area contributed by atoms with Gasteiger partial charge >= 0.3 is 0 Å². The van der Waals surface area contributed by atoms with E-state index in [1.807, 2.05) is 0 Å². The van der Waals surface area contributed by atoms with Crippen molar-refractivity contribution in [1.82, 2.24) is 0 Å². The summed E-state index contributed by atoms with van der Waals surface area (Å²) in [6.07, 6.45) is -1.69. The molecule has 0 heterocycles. The summed E-state index contributed by atoms with van der Waals surface area (Å²) in [4.78, 5) is 0. The fourth-order valence-electron chi connectivity index (χ4n) is 0.236. The van der Waals surface area contributed by atoms with Crippen LogP contribution in [-0.4, -0.2) is 29.6 Å². The molecule has 2 unspecified atom stereocenters. The van der Waals surface area contributed by atoms with Crippen LogP contribution in [0.5, 0.6) is 0 Å². The van der Waals surface area contributed by atoms with Crippen molar-refractivity contribution >= 4 is 0 Å². The van der Waals surface area contributed by atoms with Gasteiger partial charge in [0.15, 0.2) is 19.4 Å². The molecule has 0 aromatic heterocycles. The molecule has 2 atom stereocenters. The van der Waals surface area contributed by atoms with Gasteiger partial charge in [0, 0.05) is 0 Å². The van der Waals surface area contributed by atoms with Crippen molar-refractivity contribution in [1.29, 1.82) is 0 Å². The maximum absolute atomic E-state index is 8.48. The van der Waals surface area contributed by atoms with Crippen molar-refractivity contribution < 1.29 is 19.7 Å². The van der Waals surface area contributed by atoms with Gasteiger partial charge in [-0.05, 0) is 13.8 Å². The van der Waals surface area contributed by atoms with Crippen LogP contribution in [0.2, 0.25) is 0 Å². The molecule has 0 spiro atoms. The number of hydrogen-bond donors (Lipinski definition) is 2. The summed E-state index contributed by atoms with van der Waals surface area (Å²) >= 11 is 0. The Morgan fingerprint density at radius 1 is 0.647 bits per heavy atom. The third-order valence-corrected chi connectivity index (χ3v) is 0.618. The minimum atomic E-state index is -0.844. The second-order valence-corrected chi connectivity index (χ2v) is 1.65. The van der Waals surface area contributed by atoms with Gasteiger partial charge in [0.05, 0.1) is 0 Å². The van der Waals surface area contributed by atoms with E-state index in [1.165, 1.54) is 13.8 Å². The number of rotatable bonds is 4. The van der Waals surface area contributed by atoms with E-state index in [2.05, 4.69) is 9.47 Å². The van der Waals surface area contributed by atoms with E-state index in [-0.39, 0.29) is 66.2 Å². The van der Waals surface area contributed by atoms with Crippen LogP contribution in [0.3, 0.4) is 0 Å². The van der Waals surface area contributed by atoms with Crippen molar-refractivity contribution in [2.24, 2.45) is 0 Å². The largest absolute Gasteiger partial charge is 0.368 e. The van der Waals surface area contributed by atoms with E-state index in [4.69, 9.17) is 10.2 Å². The second-order valence-electron chi connectivity index (χ2n) is 1.65. The lowest BCUT2D eigenvalue weighted by Gasteiger charge is -2.08. The molecule has 0 aromatic carbocycles. The molecule has 4 nitrogen and oxygen atoms in total. The Morgan fingerprint density at radius 2 is 0.824 bits per heavy atom. The van der Waals surface area contributed by atoms with Crippen molar-refractivity contribution in [3.05, 3.63) is 0 Å². The predicted octanol–water partition coefficient (Wildman–Crippen LogP) is 4.74. The number of aliphatic hydroxyl groups excluding tert-OH is 2. The van der Waals surface area contributed by atoms with E-state index < -0.39 is 12.6 Å². The van der Waals surface area contributed by atoms with Gasteiger partial charge < -0.3 is 19.7 Å². The number of aliphatic hydroxyl groups is 2. The molecule has 17 heavy (non-hydrogen) atoms. The van der Waals surface area contributed by atoms with Crippen LogP contribution < -0.4 is 0 Å². The van der Waals surface area contributed by atoms with Gasteiger partial charge in [-0.2, -0.15) is 0 Å². The maximum atomic E-state index is 8.48. The summed E-state index contributed by atoms with van der Waals surface area (Å²) < 4.78 is 9.05. The molecule has 2 N–H and O–H groups in total. The fourth-order valence-corrected chi connectivity index (χ4v) is 0.236. The molecule has 0 radical (unpaired) electrons. The molecule has 4 heteroatoms. The van der Waals surface area contributed by atoms with Crippen LogP contribution in [-0.2, 0) is 9.47 Å². The summed E-state index contributed by atoms with van der Waals surface area (Å²) in [6.45, 7) is 2.84. The lowest BCUT2D eigenvalue weighted by atomic mass is 10.8. The van der Waals surface area contributed by atoms with Gasteiger partial charge in [-0.1, -0.05) is 59.4 Å². The summed E-state index contributed by atoms with van der Waals surface area (Å²) in [6, 6.07) is 0. The maximum Gasteiger partial charge on any atom is 0.154 e. The van der Waals surface area contributed by atoms with Crippen molar-refractivity contribution in [3.63, 3.8) is 0 Å². The molecule has 0 saturated heterocycles. The number of hydrogen-bond acceptors (Lipinski definition) is 4. The zero-order valence-electron chi connectivity index (χ0n) is 5.57. The van der Waals surface area contributed by atoms with Gasteiger partial charge in [-0.3, -0.25) is 0 Å². The van der Waals surface area contributed by atoms with Crippen molar-refractivity contribution in [2.75, 3.05) is 6.79 Å². The predicted molar refractivity (Wildman–Crippen MR) is 84.2 cm³/mol. The molecular formula is C13H44O4. The monoisotopic (exact) mass is 264 g/mol. The third-order valence-electron chi connectivity index (χ3n) is 0.618. The van der Waals surface area contributed by atoms with Gasteiger partial charge in [0.1, 0.15) is 0 Å².